The molecule has 2 aromatic rings. The Hall–Kier alpha value is -3.23. The van der Waals surface area contributed by atoms with Gasteiger partial charge in [-0.2, -0.15) is 26.3 Å². The Morgan fingerprint density at radius 1 is 0.921 bits per heavy atom. The minimum atomic E-state index is -5.59. The van der Waals surface area contributed by atoms with Crippen molar-refractivity contribution in [1.82, 2.24) is 5.32 Å². The number of alkyl halides is 6. The summed E-state index contributed by atoms with van der Waals surface area (Å²) in [6.07, 6.45) is -11.2. The maximum atomic E-state index is 14.3. The fourth-order valence-corrected chi connectivity index (χ4v) is 3.59. The zero-order valence-electron chi connectivity index (χ0n) is 19.3. The topological polar surface area (TPSA) is 114 Å². The van der Waals surface area contributed by atoms with Crippen LogP contribution in [0.3, 0.4) is 0 Å². The van der Waals surface area contributed by atoms with Gasteiger partial charge in [0.05, 0.1) is 24.3 Å². The third kappa shape index (κ3) is 5.92. The number of hydrogen-bond donors (Lipinski definition) is 3. The maximum absolute atomic E-state index is 14.3. The van der Waals surface area contributed by atoms with E-state index in [-0.39, 0.29) is 10.0 Å². The number of methoxy groups -OCH3 is 1. The van der Waals surface area contributed by atoms with Crippen molar-refractivity contribution in [2.75, 3.05) is 19.0 Å². The minimum absolute atomic E-state index is 0.0569. The molecule has 0 spiro atoms. The molecule has 16 heteroatoms. The Balaban J connectivity index is 2.56. The number of esters is 2. The highest BCUT2D eigenvalue weighted by atomic mass is 35.5. The molecule has 2 rings (SSSR count). The summed E-state index contributed by atoms with van der Waals surface area (Å²) in [6.45, 7) is 0.679. The SMILES string of the molecule is CCOC(=O)C(O)(c1ccc(NC(NC(=O)c2ccc(Cl)cc2Cl)(C(=O)OC)C(F)(F)F)cc1)C(F)(F)F. The lowest BCUT2D eigenvalue weighted by Crippen LogP contribution is -2.69. The fourth-order valence-electron chi connectivity index (χ4n) is 3.10. The summed E-state index contributed by atoms with van der Waals surface area (Å²) in [7, 11) is 0.595. The quantitative estimate of drug-likeness (QED) is 0.234. The Labute approximate surface area is 220 Å². The van der Waals surface area contributed by atoms with Crippen LogP contribution in [0.2, 0.25) is 10.0 Å². The van der Waals surface area contributed by atoms with E-state index >= 15 is 0 Å². The molecule has 208 valence electrons. The van der Waals surface area contributed by atoms with Crippen LogP contribution < -0.4 is 10.6 Å². The van der Waals surface area contributed by atoms with Crippen molar-refractivity contribution in [1.29, 1.82) is 0 Å². The van der Waals surface area contributed by atoms with Crippen LogP contribution in [0.5, 0.6) is 0 Å². The van der Waals surface area contributed by atoms with Crippen LogP contribution in [-0.2, 0) is 24.7 Å². The fraction of sp³-hybridized carbons (Fsp3) is 0.318. The molecule has 1 amide bonds. The molecule has 0 saturated heterocycles. The monoisotopic (exact) mass is 590 g/mol. The van der Waals surface area contributed by atoms with Crippen LogP contribution in [0.25, 0.3) is 0 Å². The van der Waals surface area contributed by atoms with Crippen molar-refractivity contribution in [3.63, 3.8) is 0 Å². The highest BCUT2D eigenvalue weighted by molar-refractivity contribution is 6.36. The molecule has 0 fully saturated rings. The largest absolute Gasteiger partial charge is 0.466 e. The van der Waals surface area contributed by atoms with Crippen molar-refractivity contribution in [2.45, 2.75) is 30.5 Å². The highest BCUT2D eigenvalue weighted by Gasteiger charge is 2.64. The summed E-state index contributed by atoms with van der Waals surface area (Å²) in [5.74, 6) is -5.61. The number of nitrogens with one attached hydrogen (secondary N) is 2. The van der Waals surface area contributed by atoms with E-state index in [9.17, 15) is 45.8 Å². The van der Waals surface area contributed by atoms with Gasteiger partial charge in [0.2, 0.25) is 0 Å². The van der Waals surface area contributed by atoms with Gasteiger partial charge in [0.1, 0.15) is 0 Å². The van der Waals surface area contributed by atoms with Gasteiger partial charge in [-0.3, -0.25) is 4.79 Å². The molecule has 2 atom stereocenters. The first-order valence-electron chi connectivity index (χ1n) is 10.2. The summed E-state index contributed by atoms with van der Waals surface area (Å²) < 4.78 is 92.0. The predicted molar refractivity (Wildman–Crippen MR) is 121 cm³/mol. The normalized spacial score (nSPS) is 15.0. The van der Waals surface area contributed by atoms with Gasteiger partial charge in [0, 0.05) is 16.3 Å². The number of amides is 1. The first kappa shape index (κ1) is 31.0. The number of halogens is 8. The second kappa shape index (κ2) is 11.3. The molecule has 0 saturated carbocycles. The predicted octanol–water partition coefficient (Wildman–Crippen LogP) is 4.58. The average molecular weight is 591 g/mol. The molecule has 0 aliphatic carbocycles. The smallest absolute Gasteiger partial charge is 0.441 e. The maximum Gasteiger partial charge on any atom is 0.441 e. The number of anilines is 1. The van der Waals surface area contributed by atoms with Crippen LogP contribution in [-0.4, -0.2) is 54.7 Å². The van der Waals surface area contributed by atoms with Crippen molar-refractivity contribution < 1.29 is 55.3 Å². The number of hydrogen-bond acceptors (Lipinski definition) is 7. The Morgan fingerprint density at radius 2 is 1.50 bits per heavy atom. The van der Waals surface area contributed by atoms with Gasteiger partial charge < -0.3 is 25.2 Å². The van der Waals surface area contributed by atoms with Crippen LogP contribution >= 0.6 is 23.2 Å². The van der Waals surface area contributed by atoms with Crippen molar-refractivity contribution in [3.8, 4) is 0 Å². The summed E-state index contributed by atoms with van der Waals surface area (Å²) >= 11 is 11.6. The van der Waals surface area contributed by atoms with E-state index in [2.05, 4.69) is 9.47 Å². The third-order valence-electron chi connectivity index (χ3n) is 5.01. The van der Waals surface area contributed by atoms with Crippen LogP contribution in [0.15, 0.2) is 42.5 Å². The Kier molecular flexibility index (Phi) is 9.18. The molecule has 0 aliphatic heterocycles. The summed E-state index contributed by atoms with van der Waals surface area (Å²) in [5.41, 5.74) is -10.4. The number of carbonyl (C=O) groups is 3. The van der Waals surface area contributed by atoms with E-state index in [0.29, 0.717) is 31.4 Å². The second-order valence-electron chi connectivity index (χ2n) is 7.45. The number of carbonyl (C=O) groups excluding carboxylic acids is 3. The first-order chi connectivity index (χ1) is 17.4. The van der Waals surface area contributed by atoms with E-state index in [1.807, 2.05) is 0 Å². The number of aliphatic hydroxyl groups is 1. The molecule has 2 aromatic carbocycles. The molecule has 0 aromatic heterocycles. The summed E-state index contributed by atoms with van der Waals surface area (Å²) in [5, 5.41) is 13.0. The molecule has 2 unspecified atom stereocenters. The van der Waals surface area contributed by atoms with E-state index in [0.717, 1.165) is 18.2 Å². The van der Waals surface area contributed by atoms with Crippen molar-refractivity contribution >= 4 is 46.7 Å². The van der Waals surface area contributed by atoms with Gasteiger partial charge >= 0.3 is 30.0 Å². The molecule has 38 heavy (non-hydrogen) atoms. The second-order valence-corrected chi connectivity index (χ2v) is 8.29. The third-order valence-corrected chi connectivity index (χ3v) is 5.56. The molecular formula is C22H18Cl2F6N2O6. The van der Waals surface area contributed by atoms with Gasteiger partial charge in [0.15, 0.2) is 0 Å². The van der Waals surface area contributed by atoms with E-state index in [1.165, 1.54) is 12.2 Å². The molecule has 0 heterocycles. The Morgan fingerprint density at radius 3 is 1.95 bits per heavy atom. The molecular weight excluding hydrogens is 573 g/mol. The molecule has 8 nitrogen and oxygen atoms in total. The summed E-state index contributed by atoms with van der Waals surface area (Å²) in [4.78, 5) is 37.0. The van der Waals surface area contributed by atoms with Gasteiger partial charge in [-0.15, -0.1) is 0 Å². The van der Waals surface area contributed by atoms with Crippen molar-refractivity contribution in [3.05, 3.63) is 63.6 Å². The molecule has 0 aliphatic rings. The van der Waals surface area contributed by atoms with E-state index in [4.69, 9.17) is 23.2 Å². The molecule has 0 radical (unpaired) electrons. The lowest BCUT2D eigenvalue weighted by molar-refractivity contribution is -0.267. The number of benzene rings is 2. The molecule has 0 bridgehead atoms. The van der Waals surface area contributed by atoms with Gasteiger partial charge in [-0.1, -0.05) is 35.3 Å². The lowest BCUT2D eigenvalue weighted by Gasteiger charge is -2.35. The zero-order chi connectivity index (χ0) is 29.1. The number of ether oxygens (including phenoxy) is 2. The van der Waals surface area contributed by atoms with Gasteiger partial charge in [0.25, 0.3) is 11.5 Å². The van der Waals surface area contributed by atoms with Crippen LogP contribution in [0, 0.1) is 0 Å². The van der Waals surface area contributed by atoms with Gasteiger partial charge in [-0.05, 0) is 37.3 Å². The highest BCUT2D eigenvalue weighted by Crippen LogP contribution is 2.41. The van der Waals surface area contributed by atoms with E-state index in [1.54, 1.807) is 5.32 Å². The average Bonchev–Trinajstić information content (AvgIpc) is 2.81. The van der Waals surface area contributed by atoms with Gasteiger partial charge in [-0.25, -0.2) is 9.59 Å². The van der Waals surface area contributed by atoms with Crippen molar-refractivity contribution in [2.24, 2.45) is 0 Å². The van der Waals surface area contributed by atoms with Crippen LogP contribution in [0.1, 0.15) is 22.8 Å². The van der Waals surface area contributed by atoms with Crippen LogP contribution in [0.4, 0.5) is 32.0 Å². The first-order valence-corrected chi connectivity index (χ1v) is 11.0. The lowest BCUT2D eigenvalue weighted by atomic mass is 9.92. The van der Waals surface area contributed by atoms with E-state index < -0.39 is 64.9 Å². The Bertz CT molecular complexity index is 1210. The zero-order valence-corrected chi connectivity index (χ0v) is 20.8. The molecule has 3 N–H and O–H groups in total. The summed E-state index contributed by atoms with van der Waals surface area (Å²) in [6, 6.07) is 5.33. The number of rotatable bonds is 8. The minimum Gasteiger partial charge on any atom is -0.466 e. The standard InChI is InChI=1S/C22H18Cl2F6N2O6/c1-3-38-17(34)19(36,21(25,26)27)11-4-7-13(8-5-11)31-20(18(35)37-2,22(28,29)30)32-16(33)14-9-6-12(23)10-15(14)24/h4-10,31,36H,3H2,1-2H3,(H,32,33).